The smallest absolute Gasteiger partial charge is 0.337 e. The molecule has 3 nitrogen and oxygen atoms in total. The van der Waals surface area contributed by atoms with Crippen molar-refractivity contribution in [3.8, 4) is 0 Å². The second-order valence-electron chi connectivity index (χ2n) is 2.37. The summed E-state index contributed by atoms with van der Waals surface area (Å²) in [5, 5.41) is 0. The molecule has 0 spiro atoms. The summed E-state index contributed by atoms with van der Waals surface area (Å²) in [5.41, 5.74) is 8.46. The maximum absolute atomic E-state index is 10.9. The van der Waals surface area contributed by atoms with Gasteiger partial charge in [-0.2, -0.15) is 0 Å². The zero-order valence-electron chi connectivity index (χ0n) is 6.83. The minimum Gasteiger partial charge on any atom is -0.465 e. The van der Waals surface area contributed by atoms with Crippen molar-refractivity contribution in [2.24, 2.45) is 0 Å². The summed E-state index contributed by atoms with van der Waals surface area (Å²) in [4.78, 5) is 10.9. The first kappa shape index (κ1) is 8.74. The first-order chi connectivity index (χ1) is 5.77. The number of rotatable bonds is 2. The first-order valence-electron chi connectivity index (χ1n) is 3.59. The number of carbonyl (C=O) groups excluding carboxylic acids is 1. The van der Waals surface area contributed by atoms with Crippen LogP contribution in [0.25, 0.3) is 0 Å². The van der Waals surface area contributed by atoms with Crippen LogP contribution in [0.5, 0.6) is 0 Å². The van der Waals surface area contributed by atoms with Gasteiger partial charge < -0.3 is 4.74 Å². The lowest BCUT2D eigenvalue weighted by atomic mass is 10.1. The van der Waals surface area contributed by atoms with Crippen molar-refractivity contribution in [1.29, 1.82) is 0 Å². The van der Waals surface area contributed by atoms with Crippen LogP contribution >= 0.6 is 0 Å². The molecule has 1 aromatic rings. The summed E-state index contributed by atoms with van der Waals surface area (Å²) < 4.78 is 4.52. The minimum absolute atomic E-state index is 0.238. The second kappa shape index (κ2) is 3.88. The van der Waals surface area contributed by atoms with E-state index in [9.17, 15) is 4.79 Å². The molecular weight excluding hydrogens is 154 g/mol. The first-order valence-corrected chi connectivity index (χ1v) is 3.59. The van der Waals surface area contributed by atoms with E-state index in [1.165, 1.54) is 7.11 Å². The van der Waals surface area contributed by atoms with E-state index in [0.717, 1.165) is 5.56 Å². The highest BCUT2D eigenvalue weighted by Gasteiger charge is 2.02. The van der Waals surface area contributed by atoms with Gasteiger partial charge in [-0.1, -0.05) is 12.1 Å². The van der Waals surface area contributed by atoms with Crippen LogP contribution in [-0.4, -0.2) is 13.1 Å². The molecule has 12 heavy (non-hydrogen) atoms. The molecule has 0 aliphatic rings. The van der Waals surface area contributed by atoms with Crippen molar-refractivity contribution >= 4 is 5.97 Å². The van der Waals surface area contributed by atoms with Crippen molar-refractivity contribution in [3.05, 3.63) is 35.4 Å². The average molecular weight is 164 g/mol. The highest BCUT2D eigenvalue weighted by atomic mass is 16.5. The molecular formula is C9H10NO2. The molecule has 1 rings (SSSR count). The van der Waals surface area contributed by atoms with Crippen LogP contribution in [0.2, 0.25) is 0 Å². The number of carbonyl (C=O) groups is 1. The Kier molecular flexibility index (Phi) is 2.82. The second-order valence-corrected chi connectivity index (χ2v) is 2.37. The fourth-order valence-corrected chi connectivity index (χ4v) is 0.877. The van der Waals surface area contributed by atoms with Gasteiger partial charge in [0, 0.05) is 6.54 Å². The molecule has 1 N–H and O–H groups in total. The van der Waals surface area contributed by atoms with Crippen LogP contribution in [-0.2, 0) is 11.3 Å². The van der Waals surface area contributed by atoms with Gasteiger partial charge in [0.25, 0.3) is 0 Å². The highest BCUT2D eigenvalue weighted by molar-refractivity contribution is 5.89. The Morgan fingerprint density at radius 2 is 2.00 bits per heavy atom. The predicted octanol–water partition coefficient (Wildman–Crippen LogP) is 1.26. The zero-order chi connectivity index (χ0) is 8.97. The molecule has 1 aromatic carbocycles. The molecule has 0 atom stereocenters. The molecule has 0 aromatic heterocycles. The van der Waals surface area contributed by atoms with E-state index >= 15 is 0 Å². The van der Waals surface area contributed by atoms with Crippen LogP contribution in [0.3, 0.4) is 0 Å². The topological polar surface area (TPSA) is 50.1 Å². The number of benzene rings is 1. The Labute approximate surface area is 71.1 Å². The standard InChI is InChI=1S/C9H10NO2/c1-12-9(11)8-4-2-7(6-10)3-5-8/h2-5,10H,6H2,1H3. The Morgan fingerprint density at radius 3 is 2.42 bits per heavy atom. The molecule has 3 heteroatoms. The fourth-order valence-electron chi connectivity index (χ4n) is 0.877. The van der Waals surface area contributed by atoms with Crippen molar-refractivity contribution in [2.45, 2.75) is 6.54 Å². The molecule has 0 unspecified atom stereocenters. The van der Waals surface area contributed by atoms with Gasteiger partial charge in [-0.05, 0) is 17.7 Å². The molecule has 0 aliphatic heterocycles. The lowest BCUT2D eigenvalue weighted by molar-refractivity contribution is 0.0600. The van der Waals surface area contributed by atoms with E-state index in [4.69, 9.17) is 5.73 Å². The number of hydrogen-bond donors (Lipinski definition) is 0. The molecule has 0 aliphatic carbocycles. The van der Waals surface area contributed by atoms with E-state index in [-0.39, 0.29) is 12.5 Å². The van der Waals surface area contributed by atoms with Crippen LogP contribution < -0.4 is 5.73 Å². The monoisotopic (exact) mass is 164 g/mol. The van der Waals surface area contributed by atoms with Gasteiger partial charge in [0.2, 0.25) is 0 Å². The third kappa shape index (κ3) is 1.83. The summed E-state index contributed by atoms with van der Waals surface area (Å²) in [5.74, 6) is -0.341. The lowest BCUT2D eigenvalue weighted by Gasteiger charge is -1.99. The molecule has 0 amide bonds. The summed E-state index contributed by atoms with van der Waals surface area (Å²) in [6.07, 6.45) is 0. The molecule has 0 heterocycles. The fraction of sp³-hybridized carbons (Fsp3) is 0.222. The van der Waals surface area contributed by atoms with Gasteiger partial charge >= 0.3 is 5.97 Å². The third-order valence-electron chi connectivity index (χ3n) is 1.58. The van der Waals surface area contributed by atoms with Gasteiger partial charge in [0.1, 0.15) is 0 Å². The Balaban J connectivity index is 2.84. The predicted molar refractivity (Wildman–Crippen MR) is 44.6 cm³/mol. The molecule has 1 radical (unpaired) electrons. The Hall–Kier alpha value is -1.35. The largest absolute Gasteiger partial charge is 0.465 e. The summed E-state index contributed by atoms with van der Waals surface area (Å²) in [6, 6.07) is 6.82. The van der Waals surface area contributed by atoms with E-state index in [2.05, 4.69) is 4.74 Å². The van der Waals surface area contributed by atoms with Crippen LogP contribution in [0.1, 0.15) is 15.9 Å². The maximum atomic E-state index is 10.9. The normalized spacial score (nSPS) is 9.50. The highest BCUT2D eigenvalue weighted by Crippen LogP contribution is 2.04. The van der Waals surface area contributed by atoms with Gasteiger partial charge in [0.15, 0.2) is 0 Å². The van der Waals surface area contributed by atoms with Crippen LogP contribution in [0.4, 0.5) is 0 Å². The third-order valence-corrected chi connectivity index (χ3v) is 1.58. The number of hydrogen-bond acceptors (Lipinski definition) is 2. The maximum Gasteiger partial charge on any atom is 0.337 e. The van der Waals surface area contributed by atoms with Crippen molar-refractivity contribution in [3.63, 3.8) is 0 Å². The van der Waals surface area contributed by atoms with Gasteiger partial charge in [-0.15, -0.1) is 0 Å². The molecule has 63 valence electrons. The molecule has 0 bridgehead atoms. The van der Waals surface area contributed by atoms with Gasteiger partial charge in [-0.25, -0.2) is 4.79 Å². The van der Waals surface area contributed by atoms with Crippen molar-refractivity contribution < 1.29 is 9.53 Å². The minimum atomic E-state index is -0.341. The molecule has 0 saturated heterocycles. The van der Waals surface area contributed by atoms with E-state index in [0.29, 0.717) is 5.56 Å². The summed E-state index contributed by atoms with van der Waals surface area (Å²) >= 11 is 0. The van der Waals surface area contributed by atoms with Gasteiger partial charge in [0.05, 0.1) is 12.7 Å². The van der Waals surface area contributed by atoms with Crippen molar-refractivity contribution in [1.82, 2.24) is 5.73 Å². The number of esters is 1. The number of methoxy groups -OCH3 is 1. The number of nitrogens with one attached hydrogen (secondary N) is 1. The average Bonchev–Trinajstić information content (AvgIpc) is 2.17. The molecule has 0 saturated carbocycles. The SMILES string of the molecule is COC(=O)c1ccc(C[NH])cc1. The molecule has 0 fully saturated rings. The zero-order valence-corrected chi connectivity index (χ0v) is 6.83. The lowest BCUT2D eigenvalue weighted by Crippen LogP contribution is -2.00. The van der Waals surface area contributed by atoms with Crippen molar-refractivity contribution in [2.75, 3.05) is 7.11 Å². The summed E-state index contributed by atoms with van der Waals surface area (Å²) in [7, 11) is 1.35. The van der Waals surface area contributed by atoms with E-state index in [1.54, 1.807) is 24.3 Å². The quantitative estimate of drug-likeness (QED) is 0.618. The van der Waals surface area contributed by atoms with E-state index < -0.39 is 0 Å². The Morgan fingerprint density at radius 1 is 1.42 bits per heavy atom. The van der Waals surface area contributed by atoms with E-state index in [1.807, 2.05) is 0 Å². The van der Waals surface area contributed by atoms with Crippen LogP contribution in [0, 0.1) is 0 Å². The van der Waals surface area contributed by atoms with Crippen LogP contribution in [0.15, 0.2) is 24.3 Å². The Bertz CT molecular complexity index is 266. The number of ether oxygens (including phenoxy) is 1. The van der Waals surface area contributed by atoms with Gasteiger partial charge in [-0.3, -0.25) is 5.73 Å². The summed E-state index contributed by atoms with van der Waals surface area (Å²) in [6.45, 7) is 0.238.